The summed E-state index contributed by atoms with van der Waals surface area (Å²) in [5, 5.41) is 23.3. The van der Waals surface area contributed by atoms with Crippen molar-refractivity contribution in [3.05, 3.63) is 24.3 Å². The number of ether oxygens (including phenoxy) is 1. The highest BCUT2D eigenvalue weighted by Crippen LogP contribution is 2.18. The summed E-state index contributed by atoms with van der Waals surface area (Å²) in [6, 6.07) is -0.637. The van der Waals surface area contributed by atoms with Crippen molar-refractivity contribution in [3.63, 3.8) is 0 Å². The number of aliphatic hydroxyl groups is 2. The molecule has 2 unspecified atom stereocenters. The standard InChI is InChI=1S/C69H133NO5/c1-3-5-7-9-11-13-15-17-19-21-23-24-25-26-27-28-30-31-33-37-41-45-49-53-57-61-67(72)66(65-71)70-68(73)62-58-54-50-46-42-38-35-36-40-44-48-52-56-60-64-75-69(74)63-59-55-51-47-43-39-34-32-29-22-20-18-16-14-12-10-8-6-4-2/h18,20,57,61,66-67,71-72H,3-17,19,21-56,58-60,62-65H2,1-2H3,(H,70,73)/b20-18-,61-57+. The Morgan fingerprint density at radius 1 is 0.360 bits per heavy atom. The quantitative estimate of drug-likeness (QED) is 0.0320. The minimum Gasteiger partial charge on any atom is -0.466 e. The molecule has 0 aromatic rings. The van der Waals surface area contributed by atoms with Crippen LogP contribution in [0.25, 0.3) is 0 Å². The van der Waals surface area contributed by atoms with Crippen molar-refractivity contribution < 1.29 is 24.5 Å². The van der Waals surface area contributed by atoms with E-state index in [0.717, 1.165) is 57.8 Å². The first kappa shape index (κ1) is 73.3. The molecule has 0 aliphatic carbocycles. The van der Waals surface area contributed by atoms with E-state index in [9.17, 15) is 19.8 Å². The summed E-state index contributed by atoms with van der Waals surface area (Å²) >= 11 is 0. The van der Waals surface area contributed by atoms with E-state index >= 15 is 0 Å². The van der Waals surface area contributed by atoms with Gasteiger partial charge in [-0.25, -0.2) is 0 Å². The number of unbranched alkanes of at least 4 members (excludes halogenated alkanes) is 51. The van der Waals surface area contributed by atoms with Crippen LogP contribution in [0, 0.1) is 0 Å². The minimum absolute atomic E-state index is 0.00264. The molecule has 0 radical (unpaired) electrons. The van der Waals surface area contributed by atoms with Crippen LogP contribution in [-0.4, -0.2) is 47.4 Å². The number of carbonyl (C=O) groups excluding carboxylic acids is 2. The van der Waals surface area contributed by atoms with Crippen molar-refractivity contribution >= 4 is 11.9 Å². The Hall–Kier alpha value is -1.66. The van der Waals surface area contributed by atoms with Gasteiger partial charge in [0, 0.05) is 12.8 Å². The van der Waals surface area contributed by atoms with E-state index in [2.05, 4.69) is 31.3 Å². The number of carbonyl (C=O) groups is 2. The van der Waals surface area contributed by atoms with Gasteiger partial charge in [-0.05, 0) is 57.8 Å². The van der Waals surface area contributed by atoms with E-state index < -0.39 is 12.1 Å². The molecule has 0 bridgehead atoms. The largest absolute Gasteiger partial charge is 0.466 e. The van der Waals surface area contributed by atoms with Crippen LogP contribution in [0.3, 0.4) is 0 Å². The normalized spacial score (nSPS) is 12.6. The maximum atomic E-state index is 12.5. The van der Waals surface area contributed by atoms with Crippen molar-refractivity contribution in [2.75, 3.05) is 13.2 Å². The fourth-order valence-electron chi connectivity index (χ4n) is 10.7. The van der Waals surface area contributed by atoms with Crippen LogP contribution in [0.2, 0.25) is 0 Å². The smallest absolute Gasteiger partial charge is 0.305 e. The van der Waals surface area contributed by atoms with Crippen molar-refractivity contribution in [1.82, 2.24) is 5.32 Å². The van der Waals surface area contributed by atoms with Crippen LogP contribution in [0.15, 0.2) is 24.3 Å². The molecule has 0 aromatic carbocycles. The van der Waals surface area contributed by atoms with Gasteiger partial charge in [0.15, 0.2) is 0 Å². The van der Waals surface area contributed by atoms with Gasteiger partial charge in [0.25, 0.3) is 0 Å². The van der Waals surface area contributed by atoms with E-state index in [-0.39, 0.29) is 18.5 Å². The molecule has 6 nitrogen and oxygen atoms in total. The predicted molar refractivity (Wildman–Crippen MR) is 329 cm³/mol. The van der Waals surface area contributed by atoms with E-state index in [4.69, 9.17) is 4.74 Å². The van der Waals surface area contributed by atoms with Crippen LogP contribution in [0.1, 0.15) is 380 Å². The zero-order valence-corrected chi connectivity index (χ0v) is 50.8. The monoisotopic (exact) mass is 1060 g/mol. The van der Waals surface area contributed by atoms with Crippen LogP contribution in [0.5, 0.6) is 0 Å². The second-order valence-electron chi connectivity index (χ2n) is 23.5. The van der Waals surface area contributed by atoms with E-state index in [1.165, 1.54) is 295 Å². The Bertz CT molecular complexity index is 1170. The van der Waals surface area contributed by atoms with Gasteiger partial charge in [0.05, 0.1) is 25.4 Å². The lowest BCUT2D eigenvalue weighted by Gasteiger charge is -2.20. The van der Waals surface area contributed by atoms with Gasteiger partial charge in [0.1, 0.15) is 0 Å². The predicted octanol–water partition coefficient (Wildman–Crippen LogP) is 21.8. The number of rotatable bonds is 64. The zero-order valence-electron chi connectivity index (χ0n) is 50.8. The fourth-order valence-corrected chi connectivity index (χ4v) is 10.7. The van der Waals surface area contributed by atoms with Gasteiger partial charge < -0.3 is 20.3 Å². The number of allylic oxidation sites excluding steroid dienone is 3. The van der Waals surface area contributed by atoms with Crippen molar-refractivity contribution in [2.45, 2.75) is 392 Å². The molecule has 0 spiro atoms. The summed E-state index contributed by atoms with van der Waals surface area (Å²) in [5.41, 5.74) is 0. The lowest BCUT2D eigenvalue weighted by atomic mass is 10.0. The summed E-state index contributed by atoms with van der Waals surface area (Å²) in [5.74, 6) is -0.0767. The Balaban J connectivity index is 3.44. The summed E-state index contributed by atoms with van der Waals surface area (Å²) in [6.45, 7) is 4.91. The number of aliphatic hydroxyl groups excluding tert-OH is 2. The molecule has 0 saturated carbocycles. The summed E-state index contributed by atoms with van der Waals surface area (Å²) < 4.78 is 5.50. The lowest BCUT2D eigenvalue weighted by Crippen LogP contribution is -2.45. The Morgan fingerprint density at radius 3 is 0.947 bits per heavy atom. The Labute approximate surface area is 469 Å². The third kappa shape index (κ3) is 61.4. The Morgan fingerprint density at radius 2 is 0.627 bits per heavy atom. The molecule has 2 atom stereocenters. The first-order valence-electron chi connectivity index (χ1n) is 34.1. The maximum Gasteiger partial charge on any atom is 0.305 e. The first-order chi connectivity index (χ1) is 37.0. The molecule has 0 heterocycles. The third-order valence-electron chi connectivity index (χ3n) is 16.0. The van der Waals surface area contributed by atoms with Crippen LogP contribution in [-0.2, 0) is 14.3 Å². The number of hydrogen-bond acceptors (Lipinski definition) is 5. The highest BCUT2D eigenvalue weighted by atomic mass is 16.5. The highest BCUT2D eigenvalue weighted by molar-refractivity contribution is 5.76. The second kappa shape index (κ2) is 64.9. The summed E-state index contributed by atoms with van der Waals surface area (Å²) in [7, 11) is 0. The van der Waals surface area contributed by atoms with Crippen molar-refractivity contribution in [1.29, 1.82) is 0 Å². The van der Waals surface area contributed by atoms with E-state index in [1.54, 1.807) is 6.08 Å². The molecule has 444 valence electrons. The molecule has 0 fully saturated rings. The third-order valence-corrected chi connectivity index (χ3v) is 16.0. The van der Waals surface area contributed by atoms with Crippen LogP contribution >= 0.6 is 0 Å². The van der Waals surface area contributed by atoms with E-state index in [1.807, 2.05) is 6.08 Å². The molecule has 0 aliphatic rings. The number of amides is 1. The molecule has 0 aliphatic heterocycles. The van der Waals surface area contributed by atoms with E-state index in [0.29, 0.717) is 19.4 Å². The lowest BCUT2D eigenvalue weighted by molar-refractivity contribution is -0.143. The van der Waals surface area contributed by atoms with Crippen LogP contribution < -0.4 is 5.32 Å². The minimum atomic E-state index is -0.853. The van der Waals surface area contributed by atoms with Gasteiger partial charge in [0.2, 0.25) is 5.91 Å². The molecule has 0 aromatic heterocycles. The SMILES string of the molecule is CCCCCCCC/C=C\CCCCCCCCCCCC(=O)OCCCCCCCCCCCCCCCCC(=O)NC(CO)C(O)/C=C/CCCCCCCCCCCCCCCCCCCCCCCCC. The van der Waals surface area contributed by atoms with Gasteiger partial charge >= 0.3 is 5.97 Å². The number of hydrogen-bond donors (Lipinski definition) is 3. The molecule has 75 heavy (non-hydrogen) atoms. The van der Waals surface area contributed by atoms with Gasteiger partial charge in [-0.2, -0.15) is 0 Å². The molecule has 0 saturated heterocycles. The zero-order chi connectivity index (χ0) is 54.3. The van der Waals surface area contributed by atoms with Gasteiger partial charge in [-0.1, -0.05) is 334 Å². The molecule has 1 amide bonds. The van der Waals surface area contributed by atoms with Gasteiger partial charge in [-0.15, -0.1) is 0 Å². The molecular formula is C69H133NO5. The molecule has 3 N–H and O–H groups in total. The van der Waals surface area contributed by atoms with Crippen molar-refractivity contribution in [3.8, 4) is 0 Å². The maximum absolute atomic E-state index is 12.5. The first-order valence-corrected chi connectivity index (χ1v) is 34.1. The second-order valence-corrected chi connectivity index (χ2v) is 23.5. The topological polar surface area (TPSA) is 95.9 Å². The van der Waals surface area contributed by atoms with Gasteiger partial charge in [-0.3, -0.25) is 9.59 Å². The molecule has 0 rings (SSSR count). The molecular weight excluding hydrogens is 923 g/mol. The summed E-state index contributed by atoms with van der Waals surface area (Å²) in [6.07, 6.45) is 80.9. The van der Waals surface area contributed by atoms with Crippen LogP contribution in [0.4, 0.5) is 0 Å². The molecule has 6 heteroatoms. The Kier molecular flexibility index (Phi) is 63.4. The average molecular weight is 1060 g/mol. The number of nitrogens with one attached hydrogen (secondary N) is 1. The average Bonchev–Trinajstić information content (AvgIpc) is 3.41. The van der Waals surface area contributed by atoms with Crippen molar-refractivity contribution in [2.24, 2.45) is 0 Å². The number of esters is 1. The highest BCUT2D eigenvalue weighted by Gasteiger charge is 2.18. The summed E-state index contributed by atoms with van der Waals surface area (Å²) in [4.78, 5) is 24.6. The fraction of sp³-hybridized carbons (Fsp3) is 0.913.